The Morgan fingerprint density at radius 1 is 1.57 bits per heavy atom. The van der Waals surface area contributed by atoms with Gasteiger partial charge in [0.1, 0.15) is 0 Å². The van der Waals surface area contributed by atoms with E-state index in [0.29, 0.717) is 17.3 Å². The molecule has 0 saturated carbocycles. The number of benzene rings is 1. The van der Waals surface area contributed by atoms with Gasteiger partial charge in [0.05, 0.1) is 7.11 Å². The van der Waals surface area contributed by atoms with Gasteiger partial charge in [0.15, 0.2) is 11.5 Å². The minimum atomic E-state index is 0.0598. The van der Waals surface area contributed by atoms with E-state index >= 15 is 0 Å². The predicted octanol–water partition coefficient (Wildman–Crippen LogP) is 2.12. The number of aromatic hydroxyl groups is 1. The van der Waals surface area contributed by atoms with Gasteiger partial charge in [-0.15, -0.1) is 0 Å². The molecule has 0 heterocycles. The van der Waals surface area contributed by atoms with Crippen molar-refractivity contribution in [2.24, 2.45) is 5.73 Å². The van der Waals surface area contributed by atoms with Crippen LogP contribution in [0.1, 0.15) is 18.4 Å². The van der Waals surface area contributed by atoms with Gasteiger partial charge in [0.2, 0.25) is 0 Å². The summed E-state index contributed by atoms with van der Waals surface area (Å²) in [6, 6.07) is 3.15. The Hall–Kier alpha value is -0.930. The predicted molar refractivity (Wildman–Crippen MR) is 57.1 cm³/mol. The van der Waals surface area contributed by atoms with Gasteiger partial charge in [-0.2, -0.15) is 0 Å². The Bertz CT molecular complexity index is 328. The molecule has 0 radical (unpaired) electrons. The first kappa shape index (κ1) is 11.1. The molecular formula is C10H14ClNO2. The van der Waals surface area contributed by atoms with Crippen LogP contribution >= 0.6 is 11.6 Å². The Kier molecular flexibility index (Phi) is 3.61. The summed E-state index contributed by atoms with van der Waals surface area (Å²) in [5.74, 6) is 0.562. The van der Waals surface area contributed by atoms with Crippen LogP contribution in [0.15, 0.2) is 12.1 Å². The lowest BCUT2D eigenvalue weighted by atomic mass is 10.00. The monoisotopic (exact) mass is 215 g/mol. The molecule has 1 rings (SSSR count). The summed E-state index contributed by atoms with van der Waals surface area (Å²) >= 11 is 6.01. The molecule has 0 bridgehead atoms. The van der Waals surface area contributed by atoms with Crippen LogP contribution in [0.5, 0.6) is 11.5 Å². The van der Waals surface area contributed by atoms with E-state index in [9.17, 15) is 5.11 Å². The van der Waals surface area contributed by atoms with Crippen molar-refractivity contribution in [2.75, 3.05) is 13.7 Å². The fourth-order valence-corrected chi connectivity index (χ4v) is 1.69. The zero-order valence-corrected chi connectivity index (χ0v) is 9.01. The molecule has 3 N–H and O–H groups in total. The second kappa shape index (κ2) is 4.53. The van der Waals surface area contributed by atoms with Crippen LogP contribution in [0.2, 0.25) is 5.02 Å². The Morgan fingerprint density at radius 2 is 2.21 bits per heavy atom. The first-order valence-electron chi connectivity index (χ1n) is 4.37. The van der Waals surface area contributed by atoms with Gasteiger partial charge in [-0.25, -0.2) is 0 Å². The van der Waals surface area contributed by atoms with Crippen molar-refractivity contribution in [1.29, 1.82) is 0 Å². The summed E-state index contributed by atoms with van der Waals surface area (Å²) in [6.07, 6.45) is 0. The third kappa shape index (κ3) is 1.94. The summed E-state index contributed by atoms with van der Waals surface area (Å²) < 4.78 is 5.09. The highest BCUT2D eigenvalue weighted by Gasteiger charge is 2.17. The largest absolute Gasteiger partial charge is 0.504 e. The van der Waals surface area contributed by atoms with E-state index in [4.69, 9.17) is 22.1 Å². The maximum atomic E-state index is 9.54. The van der Waals surface area contributed by atoms with Crippen LogP contribution in [0.3, 0.4) is 0 Å². The molecule has 0 aromatic heterocycles. The van der Waals surface area contributed by atoms with Crippen LogP contribution < -0.4 is 10.5 Å². The van der Waals surface area contributed by atoms with E-state index in [0.717, 1.165) is 5.56 Å². The minimum absolute atomic E-state index is 0.0598. The number of halogens is 1. The van der Waals surface area contributed by atoms with Crippen molar-refractivity contribution in [3.63, 3.8) is 0 Å². The first-order chi connectivity index (χ1) is 6.61. The molecule has 0 saturated heterocycles. The maximum Gasteiger partial charge on any atom is 0.165 e. The second-order valence-electron chi connectivity index (χ2n) is 3.15. The molecule has 0 aliphatic heterocycles. The van der Waals surface area contributed by atoms with Crippen LogP contribution in [0.25, 0.3) is 0 Å². The zero-order chi connectivity index (χ0) is 10.7. The molecule has 0 spiro atoms. The molecule has 0 aliphatic rings. The van der Waals surface area contributed by atoms with Gasteiger partial charge in [-0.3, -0.25) is 0 Å². The molecule has 0 aliphatic carbocycles. The second-order valence-corrected chi connectivity index (χ2v) is 3.56. The third-order valence-corrected chi connectivity index (χ3v) is 2.50. The fraction of sp³-hybridized carbons (Fsp3) is 0.400. The lowest BCUT2D eigenvalue weighted by Gasteiger charge is -2.16. The van der Waals surface area contributed by atoms with Gasteiger partial charge >= 0.3 is 0 Å². The van der Waals surface area contributed by atoms with Crippen molar-refractivity contribution >= 4 is 11.6 Å². The average molecular weight is 216 g/mol. The van der Waals surface area contributed by atoms with Crippen molar-refractivity contribution in [1.82, 2.24) is 0 Å². The molecule has 1 aromatic carbocycles. The molecule has 14 heavy (non-hydrogen) atoms. The molecule has 78 valence electrons. The van der Waals surface area contributed by atoms with Crippen LogP contribution in [0, 0.1) is 0 Å². The number of nitrogens with two attached hydrogens (primary N) is 1. The van der Waals surface area contributed by atoms with Gasteiger partial charge in [-0.05, 0) is 24.6 Å². The Balaban J connectivity index is 3.29. The molecule has 1 atom stereocenters. The maximum absolute atomic E-state index is 9.54. The normalized spacial score (nSPS) is 12.6. The summed E-state index contributed by atoms with van der Waals surface area (Å²) in [7, 11) is 1.50. The summed E-state index contributed by atoms with van der Waals surface area (Å²) in [6.45, 7) is 2.39. The highest BCUT2D eigenvalue weighted by molar-refractivity contribution is 6.31. The number of hydrogen-bond acceptors (Lipinski definition) is 3. The van der Waals surface area contributed by atoms with E-state index in [-0.39, 0.29) is 11.7 Å². The van der Waals surface area contributed by atoms with Crippen molar-refractivity contribution in [2.45, 2.75) is 12.8 Å². The van der Waals surface area contributed by atoms with Gasteiger partial charge in [-0.1, -0.05) is 18.5 Å². The summed E-state index contributed by atoms with van der Waals surface area (Å²) in [4.78, 5) is 0. The summed E-state index contributed by atoms with van der Waals surface area (Å²) in [5, 5.41) is 10.1. The Labute approximate surface area is 88.4 Å². The van der Waals surface area contributed by atoms with Crippen molar-refractivity contribution in [3.8, 4) is 11.5 Å². The highest BCUT2D eigenvalue weighted by Crippen LogP contribution is 2.39. The van der Waals surface area contributed by atoms with E-state index < -0.39 is 0 Å². The van der Waals surface area contributed by atoms with Crippen molar-refractivity contribution in [3.05, 3.63) is 22.7 Å². The number of rotatable bonds is 3. The van der Waals surface area contributed by atoms with Crippen LogP contribution in [-0.2, 0) is 0 Å². The van der Waals surface area contributed by atoms with Crippen LogP contribution in [0.4, 0.5) is 0 Å². The zero-order valence-electron chi connectivity index (χ0n) is 8.25. The van der Waals surface area contributed by atoms with E-state index in [1.165, 1.54) is 13.2 Å². The van der Waals surface area contributed by atoms with E-state index in [2.05, 4.69) is 0 Å². The van der Waals surface area contributed by atoms with Crippen molar-refractivity contribution < 1.29 is 9.84 Å². The van der Waals surface area contributed by atoms with E-state index in [1.54, 1.807) is 6.07 Å². The molecule has 3 nitrogen and oxygen atoms in total. The highest BCUT2D eigenvalue weighted by atomic mass is 35.5. The molecular weight excluding hydrogens is 202 g/mol. The quantitative estimate of drug-likeness (QED) is 0.812. The van der Waals surface area contributed by atoms with Gasteiger partial charge < -0.3 is 15.6 Å². The molecule has 0 amide bonds. The topological polar surface area (TPSA) is 55.5 Å². The Morgan fingerprint density at radius 3 is 2.71 bits per heavy atom. The standard InChI is InChI=1S/C10H14ClNO2/c1-6(5-12)9-7(11)3-4-8(13)10(9)14-2/h3-4,6,13H,5,12H2,1-2H3. The SMILES string of the molecule is COc1c(O)ccc(Cl)c1C(C)CN. The smallest absolute Gasteiger partial charge is 0.165 e. The van der Waals surface area contributed by atoms with Gasteiger partial charge in [0, 0.05) is 10.6 Å². The molecule has 0 fully saturated rings. The third-order valence-electron chi connectivity index (χ3n) is 2.17. The number of methoxy groups -OCH3 is 1. The number of ether oxygens (including phenoxy) is 1. The van der Waals surface area contributed by atoms with Gasteiger partial charge in [0.25, 0.3) is 0 Å². The fourth-order valence-electron chi connectivity index (χ4n) is 1.36. The number of phenols is 1. The van der Waals surface area contributed by atoms with Crippen LogP contribution in [-0.4, -0.2) is 18.8 Å². The summed E-state index contributed by atoms with van der Waals surface area (Å²) in [5.41, 5.74) is 6.31. The lowest BCUT2D eigenvalue weighted by Crippen LogP contribution is -2.10. The number of phenolic OH excluding ortho intramolecular Hbond substituents is 1. The number of hydrogen-bond donors (Lipinski definition) is 2. The lowest BCUT2D eigenvalue weighted by molar-refractivity contribution is 0.367. The first-order valence-corrected chi connectivity index (χ1v) is 4.75. The van der Waals surface area contributed by atoms with E-state index in [1.807, 2.05) is 6.92 Å². The molecule has 4 heteroatoms. The molecule has 1 aromatic rings. The average Bonchev–Trinajstić information content (AvgIpc) is 2.19. The minimum Gasteiger partial charge on any atom is -0.504 e. The molecule has 1 unspecified atom stereocenters.